The van der Waals surface area contributed by atoms with Crippen molar-refractivity contribution in [3.63, 3.8) is 0 Å². The van der Waals surface area contributed by atoms with Crippen molar-refractivity contribution in [2.24, 2.45) is 0 Å². The Kier molecular flexibility index (Phi) is 3.11. The molecule has 0 radical (unpaired) electrons. The number of halogens is 1. The fourth-order valence-electron chi connectivity index (χ4n) is 2.79. The van der Waals surface area contributed by atoms with Crippen LogP contribution in [-0.2, 0) is 11.3 Å². The molecule has 0 unspecified atom stereocenters. The third kappa shape index (κ3) is 2.08. The number of imidazole rings is 1. The van der Waals surface area contributed by atoms with Crippen LogP contribution in [0.3, 0.4) is 0 Å². The van der Waals surface area contributed by atoms with E-state index in [-0.39, 0.29) is 12.1 Å². The first-order valence-corrected chi connectivity index (χ1v) is 7.88. The molecule has 114 valence electrons. The molecule has 2 aliphatic rings. The van der Waals surface area contributed by atoms with Crippen LogP contribution in [-0.4, -0.2) is 34.9 Å². The molecule has 1 aromatic carbocycles. The van der Waals surface area contributed by atoms with Crippen LogP contribution in [0.5, 0.6) is 5.75 Å². The van der Waals surface area contributed by atoms with Gasteiger partial charge in [-0.05, 0) is 25.1 Å². The van der Waals surface area contributed by atoms with Crippen LogP contribution >= 0.6 is 15.9 Å². The Morgan fingerprint density at radius 2 is 2.23 bits per heavy atom. The van der Waals surface area contributed by atoms with Crippen molar-refractivity contribution in [2.75, 3.05) is 18.1 Å². The van der Waals surface area contributed by atoms with Gasteiger partial charge in [0.1, 0.15) is 24.8 Å². The summed E-state index contributed by atoms with van der Waals surface area (Å²) >= 11 is 3.45. The van der Waals surface area contributed by atoms with Crippen LogP contribution in [0.25, 0.3) is 11.4 Å². The first-order chi connectivity index (χ1) is 10.6. The number of benzene rings is 1. The van der Waals surface area contributed by atoms with Crippen molar-refractivity contribution in [3.8, 4) is 17.1 Å². The second-order valence-electron chi connectivity index (χ2n) is 5.40. The summed E-state index contributed by atoms with van der Waals surface area (Å²) in [7, 11) is 0. The third-order valence-electron chi connectivity index (χ3n) is 3.87. The Morgan fingerprint density at radius 1 is 1.36 bits per heavy atom. The van der Waals surface area contributed by atoms with Gasteiger partial charge in [0.2, 0.25) is 0 Å². The lowest BCUT2D eigenvalue weighted by Crippen LogP contribution is -2.31. The fourth-order valence-corrected chi connectivity index (χ4v) is 3.13. The van der Waals surface area contributed by atoms with Gasteiger partial charge in [0.25, 0.3) is 0 Å². The van der Waals surface area contributed by atoms with E-state index in [4.69, 9.17) is 9.47 Å². The molecule has 2 aromatic rings. The first kappa shape index (κ1) is 13.6. The monoisotopic (exact) mass is 363 g/mol. The second-order valence-corrected chi connectivity index (χ2v) is 6.32. The number of aromatic nitrogens is 2. The maximum atomic E-state index is 11.9. The Balaban J connectivity index is 1.82. The molecule has 1 atom stereocenters. The number of rotatable bonds is 1. The zero-order chi connectivity index (χ0) is 15.3. The summed E-state index contributed by atoms with van der Waals surface area (Å²) in [5.74, 6) is 2.23. The zero-order valence-corrected chi connectivity index (χ0v) is 13.5. The van der Waals surface area contributed by atoms with Crippen LogP contribution in [0.1, 0.15) is 6.92 Å². The summed E-state index contributed by atoms with van der Waals surface area (Å²) in [4.78, 5) is 18.1. The molecule has 1 fully saturated rings. The van der Waals surface area contributed by atoms with Gasteiger partial charge < -0.3 is 14.0 Å². The largest absolute Gasteiger partial charge is 0.491 e. The van der Waals surface area contributed by atoms with Gasteiger partial charge in [0, 0.05) is 10.7 Å². The number of carbonyl (C=O) groups excluding carboxylic acids is 1. The smallest absolute Gasteiger partial charge is 0.415 e. The van der Waals surface area contributed by atoms with Crippen molar-refractivity contribution in [1.82, 2.24) is 9.55 Å². The lowest BCUT2D eigenvalue weighted by molar-refractivity contribution is 0.179. The molecule has 1 aromatic heterocycles. The van der Waals surface area contributed by atoms with E-state index in [1.54, 1.807) is 4.90 Å². The number of amides is 1. The van der Waals surface area contributed by atoms with E-state index in [0.717, 1.165) is 21.6 Å². The van der Waals surface area contributed by atoms with Crippen molar-refractivity contribution >= 4 is 27.8 Å². The SMILES string of the molecule is C[C@@H]1COC(=O)N1c1cn2c(n1)-c1ccc(Br)cc1OCC2. The average molecular weight is 364 g/mol. The van der Waals surface area contributed by atoms with E-state index in [1.807, 2.05) is 35.9 Å². The van der Waals surface area contributed by atoms with Crippen molar-refractivity contribution in [2.45, 2.75) is 19.5 Å². The second kappa shape index (κ2) is 5.01. The molecule has 0 N–H and O–H groups in total. The molecule has 1 saturated heterocycles. The van der Waals surface area contributed by atoms with Crippen molar-refractivity contribution in [3.05, 3.63) is 28.9 Å². The van der Waals surface area contributed by atoms with E-state index in [1.165, 1.54) is 0 Å². The molecule has 0 saturated carbocycles. The van der Waals surface area contributed by atoms with Crippen LogP contribution < -0.4 is 9.64 Å². The van der Waals surface area contributed by atoms with Crippen molar-refractivity contribution < 1.29 is 14.3 Å². The number of carbonyl (C=O) groups is 1. The maximum Gasteiger partial charge on any atom is 0.415 e. The summed E-state index contributed by atoms with van der Waals surface area (Å²) in [6.07, 6.45) is 1.55. The highest BCUT2D eigenvalue weighted by Gasteiger charge is 2.33. The molecule has 7 heteroatoms. The number of fused-ring (bicyclic) bond motifs is 3. The van der Waals surface area contributed by atoms with E-state index in [0.29, 0.717) is 25.6 Å². The molecule has 0 aliphatic carbocycles. The minimum atomic E-state index is -0.340. The molecule has 22 heavy (non-hydrogen) atoms. The summed E-state index contributed by atoms with van der Waals surface area (Å²) in [5.41, 5.74) is 0.923. The number of hydrogen-bond donors (Lipinski definition) is 0. The predicted octanol–water partition coefficient (Wildman–Crippen LogP) is 3.05. The highest BCUT2D eigenvalue weighted by Crippen LogP contribution is 2.36. The normalized spacial score (nSPS) is 20.0. The predicted molar refractivity (Wildman–Crippen MR) is 84.1 cm³/mol. The van der Waals surface area contributed by atoms with Gasteiger partial charge in [-0.2, -0.15) is 0 Å². The topological polar surface area (TPSA) is 56.6 Å². The number of nitrogens with zero attached hydrogens (tertiary/aromatic N) is 3. The molecule has 2 aliphatic heterocycles. The zero-order valence-electron chi connectivity index (χ0n) is 12.0. The first-order valence-electron chi connectivity index (χ1n) is 7.09. The lowest BCUT2D eigenvalue weighted by atomic mass is 10.2. The van der Waals surface area contributed by atoms with Gasteiger partial charge in [-0.25, -0.2) is 9.78 Å². The van der Waals surface area contributed by atoms with Crippen molar-refractivity contribution in [1.29, 1.82) is 0 Å². The molecule has 0 bridgehead atoms. The van der Waals surface area contributed by atoms with Gasteiger partial charge in [0.15, 0.2) is 5.82 Å². The molecular weight excluding hydrogens is 350 g/mol. The average Bonchev–Trinajstić information content (AvgIpc) is 2.98. The molecule has 4 rings (SSSR count). The number of hydrogen-bond acceptors (Lipinski definition) is 4. The standard InChI is InChI=1S/C15H14BrN3O3/c1-9-8-22-15(20)19(9)13-7-18-4-5-21-12-6-10(16)2-3-11(12)14(18)17-13/h2-3,6-7,9H,4-5,8H2,1H3/t9-/m1/s1. The van der Waals surface area contributed by atoms with Gasteiger partial charge >= 0.3 is 6.09 Å². The quantitative estimate of drug-likeness (QED) is 0.781. The van der Waals surface area contributed by atoms with E-state index in [2.05, 4.69) is 20.9 Å². The van der Waals surface area contributed by atoms with Gasteiger partial charge in [0.05, 0.1) is 18.2 Å². The number of ether oxygens (including phenoxy) is 2. The molecule has 0 spiro atoms. The minimum absolute atomic E-state index is 0.00715. The van der Waals surface area contributed by atoms with E-state index < -0.39 is 0 Å². The highest BCUT2D eigenvalue weighted by molar-refractivity contribution is 9.10. The summed E-state index contributed by atoms with van der Waals surface area (Å²) in [6.45, 7) is 3.59. The summed E-state index contributed by atoms with van der Waals surface area (Å²) in [6, 6.07) is 5.86. The molecule has 6 nitrogen and oxygen atoms in total. The maximum absolute atomic E-state index is 11.9. The Bertz CT molecular complexity index is 758. The lowest BCUT2D eigenvalue weighted by Gasteiger charge is -2.14. The molecule has 3 heterocycles. The van der Waals surface area contributed by atoms with Crippen LogP contribution in [0.2, 0.25) is 0 Å². The summed E-state index contributed by atoms with van der Waals surface area (Å²) in [5, 5.41) is 0. The van der Waals surface area contributed by atoms with Gasteiger partial charge in [-0.3, -0.25) is 4.90 Å². The minimum Gasteiger partial charge on any atom is -0.491 e. The van der Waals surface area contributed by atoms with Crippen LogP contribution in [0.15, 0.2) is 28.9 Å². The van der Waals surface area contributed by atoms with E-state index >= 15 is 0 Å². The Hall–Kier alpha value is -2.02. The fraction of sp³-hybridized carbons (Fsp3) is 0.333. The molecule has 1 amide bonds. The van der Waals surface area contributed by atoms with Gasteiger partial charge in [-0.1, -0.05) is 15.9 Å². The van der Waals surface area contributed by atoms with Crippen LogP contribution in [0.4, 0.5) is 10.6 Å². The van der Waals surface area contributed by atoms with Gasteiger partial charge in [-0.15, -0.1) is 0 Å². The Labute approximate surface area is 135 Å². The number of cyclic esters (lactones) is 1. The van der Waals surface area contributed by atoms with E-state index in [9.17, 15) is 4.79 Å². The molecular formula is C15H14BrN3O3. The third-order valence-corrected chi connectivity index (χ3v) is 4.36. The Morgan fingerprint density at radius 3 is 3.00 bits per heavy atom. The summed E-state index contributed by atoms with van der Waals surface area (Å²) < 4.78 is 13.8. The number of anilines is 1. The highest BCUT2D eigenvalue weighted by atomic mass is 79.9. The van der Waals surface area contributed by atoms with Crippen LogP contribution in [0, 0.1) is 0 Å².